The highest BCUT2D eigenvalue weighted by atomic mass is 19.3. The van der Waals surface area contributed by atoms with Gasteiger partial charge in [0, 0.05) is 5.56 Å². The smallest absolute Gasteiger partial charge is 0.269 e. The number of amidine groups is 1. The van der Waals surface area contributed by atoms with E-state index in [1.807, 2.05) is 0 Å². The fourth-order valence-corrected chi connectivity index (χ4v) is 2.08. The maximum atomic E-state index is 14.1. The van der Waals surface area contributed by atoms with Gasteiger partial charge in [-0.3, -0.25) is 4.99 Å². The summed E-state index contributed by atoms with van der Waals surface area (Å²) in [5.41, 5.74) is 10.5. The van der Waals surface area contributed by atoms with Gasteiger partial charge >= 0.3 is 0 Å². The molecule has 0 aromatic heterocycles. The van der Waals surface area contributed by atoms with E-state index in [9.17, 15) is 13.2 Å². The molecule has 1 aromatic carbocycles. The van der Waals surface area contributed by atoms with Crippen LogP contribution in [0.15, 0.2) is 17.1 Å². The molecule has 7 heteroatoms. The average Bonchev–Trinajstić information content (AvgIpc) is 2.33. The number of nitrogens with two attached hydrogens (primary N) is 1. The molecule has 0 saturated heterocycles. The van der Waals surface area contributed by atoms with Crippen LogP contribution < -0.4 is 5.73 Å². The van der Waals surface area contributed by atoms with Gasteiger partial charge in [-0.05, 0) is 12.5 Å². The summed E-state index contributed by atoms with van der Waals surface area (Å²) < 4.78 is 45.9. The minimum absolute atomic E-state index is 0.0599. The van der Waals surface area contributed by atoms with E-state index < -0.39 is 24.4 Å². The SMILES string of the molecule is Cc1cc([NH-])cc([C@]2(C(F)F)COCC(N)=N2)c1F. The van der Waals surface area contributed by atoms with Gasteiger partial charge in [-0.15, -0.1) is 5.69 Å². The molecule has 0 unspecified atom stereocenters. The Hall–Kier alpha value is -1.76. The van der Waals surface area contributed by atoms with E-state index in [4.69, 9.17) is 16.2 Å². The molecule has 1 aliphatic rings. The number of ether oxygens (including phenoxy) is 1. The van der Waals surface area contributed by atoms with Crippen molar-refractivity contribution in [1.82, 2.24) is 0 Å². The quantitative estimate of drug-likeness (QED) is 0.899. The number of hydrogen-bond donors (Lipinski definition) is 1. The number of benzene rings is 1. The third kappa shape index (κ3) is 2.25. The second-order valence-electron chi connectivity index (χ2n) is 4.48. The van der Waals surface area contributed by atoms with Crippen molar-refractivity contribution < 1.29 is 17.9 Å². The monoisotopic (exact) mass is 272 g/mol. The largest absolute Gasteiger partial charge is 0.699 e. The summed E-state index contributed by atoms with van der Waals surface area (Å²) in [6.07, 6.45) is -2.98. The summed E-state index contributed by atoms with van der Waals surface area (Å²) in [6, 6.07) is 2.30. The van der Waals surface area contributed by atoms with Crippen LogP contribution in [0.25, 0.3) is 5.73 Å². The maximum Gasteiger partial charge on any atom is 0.269 e. The van der Waals surface area contributed by atoms with Crippen LogP contribution in [0.5, 0.6) is 0 Å². The van der Waals surface area contributed by atoms with Crippen molar-refractivity contribution in [2.24, 2.45) is 10.7 Å². The molecule has 0 amide bonds. The lowest BCUT2D eigenvalue weighted by molar-refractivity contribution is -0.0146. The van der Waals surface area contributed by atoms with Crippen LogP contribution in [-0.2, 0) is 10.3 Å². The predicted octanol–water partition coefficient (Wildman–Crippen LogP) is 2.67. The zero-order valence-corrected chi connectivity index (χ0v) is 10.2. The topological polar surface area (TPSA) is 71.4 Å². The lowest BCUT2D eigenvalue weighted by Gasteiger charge is -2.34. The van der Waals surface area contributed by atoms with Crippen molar-refractivity contribution in [3.63, 3.8) is 0 Å². The third-order valence-electron chi connectivity index (χ3n) is 3.00. The minimum atomic E-state index is -2.98. The van der Waals surface area contributed by atoms with Gasteiger partial charge in [-0.1, -0.05) is 12.1 Å². The minimum Gasteiger partial charge on any atom is -0.699 e. The molecule has 0 radical (unpaired) electrons. The zero-order chi connectivity index (χ0) is 14.2. The molecule has 2 rings (SSSR count). The van der Waals surface area contributed by atoms with Crippen molar-refractivity contribution in [3.8, 4) is 0 Å². The van der Waals surface area contributed by atoms with Crippen LogP contribution >= 0.6 is 0 Å². The Morgan fingerprint density at radius 2 is 2.16 bits per heavy atom. The van der Waals surface area contributed by atoms with Gasteiger partial charge in [0.1, 0.15) is 18.3 Å². The molecular weight excluding hydrogens is 259 g/mol. The van der Waals surface area contributed by atoms with Crippen LogP contribution in [0, 0.1) is 12.7 Å². The summed E-state index contributed by atoms with van der Waals surface area (Å²) in [6.45, 7) is 0.883. The van der Waals surface area contributed by atoms with E-state index >= 15 is 0 Å². The first-order chi connectivity index (χ1) is 8.86. The van der Waals surface area contributed by atoms with E-state index in [2.05, 4.69) is 4.99 Å². The number of hydrogen-bond acceptors (Lipinski definition) is 3. The molecule has 0 fully saturated rings. The molecule has 1 heterocycles. The summed E-state index contributed by atoms with van der Waals surface area (Å²) in [7, 11) is 0. The Bertz CT molecular complexity index is 533. The van der Waals surface area contributed by atoms with Gasteiger partial charge in [0.25, 0.3) is 6.43 Å². The first-order valence-electron chi connectivity index (χ1n) is 5.59. The van der Waals surface area contributed by atoms with Crippen molar-refractivity contribution in [2.75, 3.05) is 13.2 Å². The number of halogens is 3. The first kappa shape index (κ1) is 13.7. The van der Waals surface area contributed by atoms with E-state index in [0.717, 1.165) is 6.07 Å². The van der Waals surface area contributed by atoms with E-state index in [1.165, 1.54) is 13.0 Å². The molecule has 1 aromatic rings. The van der Waals surface area contributed by atoms with Gasteiger partial charge in [0.05, 0.1) is 6.61 Å². The van der Waals surface area contributed by atoms with Crippen molar-refractivity contribution in [3.05, 3.63) is 34.8 Å². The molecule has 4 nitrogen and oxygen atoms in total. The normalized spacial score (nSPS) is 23.5. The fourth-order valence-electron chi connectivity index (χ4n) is 2.08. The number of nitrogens with one attached hydrogen (secondary N) is 1. The van der Waals surface area contributed by atoms with Crippen molar-refractivity contribution in [2.45, 2.75) is 18.9 Å². The fraction of sp³-hybridized carbons (Fsp3) is 0.417. The van der Waals surface area contributed by atoms with Crippen molar-refractivity contribution in [1.29, 1.82) is 0 Å². The lowest BCUT2D eigenvalue weighted by atomic mass is 9.88. The Balaban J connectivity index is 2.67. The van der Waals surface area contributed by atoms with Gasteiger partial charge < -0.3 is 16.2 Å². The van der Waals surface area contributed by atoms with E-state index in [0.29, 0.717) is 0 Å². The number of nitrogens with zero attached hydrogens (tertiary/aromatic N) is 1. The van der Waals surface area contributed by atoms with Crippen molar-refractivity contribution >= 4 is 11.5 Å². The average molecular weight is 272 g/mol. The zero-order valence-electron chi connectivity index (χ0n) is 10.2. The standard InChI is InChI=1S/C12H13F3N3O/c1-6-2-7(16)3-8(10(6)13)12(11(14)15)5-19-4-9(17)18-12/h2-3,11,16H,4-5H2,1H3,(H2,17,18)/q-1/t12-/m0/s1. The Morgan fingerprint density at radius 3 is 2.74 bits per heavy atom. The Kier molecular flexibility index (Phi) is 3.40. The summed E-state index contributed by atoms with van der Waals surface area (Å²) >= 11 is 0. The molecule has 3 N–H and O–H groups in total. The highest BCUT2D eigenvalue weighted by Gasteiger charge is 2.46. The summed E-state index contributed by atoms with van der Waals surface area (Å²) in [4.78, 5) is 3.72. The molecule has 0 saturated carbocycles. The predicted molar refractivity (Wildman–Crippen MR) is 65.2 cm³/mol. The first-order valence-corrected chi connectivity index (χ1v) is 5.59. The van der Waals surface area contributed by atoms with Gasteiger partial charge in [0.15, 0.2) is 5.54 Å². The number of aliphatic imine (C=N–C) groups is 1. The van der Waals surface area contributed by atoms with Gasteiger partial charge in [0.2, 0.25) is 0 Å². The van der Waals surface area contributed by atoms with Gasteiger partial charge in [-0.2, -0.15) is 0 Å². The second kappa shape index (κ2) is 4.73. The Morgan fingerprint density at radius 1 is 1.47 bits per heavy atom. The van der Waals surface area contributed by atoms with Crippen LogP contribution in [0.4, 0.5) is 18.9 Å². The second-order valence-corrected chi connectivity index (χ2v) is 4.48. The number of rotatable bonds is 2. The highest BCUT2D eigenvalue weighted by Crippen LogP contribution is 2.39. The van der Waals surface area contributed by atoms with Crippen LogP contribution in [-0.4, -0.2) is 25.5 Å². The van der Waals surface area contributed by atoms with Crippen LogP contribution in [0.3, 0.4) is 0 Å². The molecular formula is C12H13F3N3O-. The number of aryl methyl sites for hydroxylation is 1. The Labute approximate surface area is 108 Å². The highest BCUT2D eigenvalue weighted by molar-refractivity contribution is 5.82. The maximum absolute atomic E-state index is 14.1. The van der Waals surface area contributed by atoms with Gasteiger partial charge in [-0.25, -0.2) is 13.2 Å². The molecule has 0 aliphatic carbocycles. The molecule has 1 aliphatic heterocycles. The molecule has 19 heavy (non-hydrogen) atoms. The molecule has 1 atom stereocenters. The van der Waals surface area contributed by atoms with E-state index in [-0.39, 0.29) is 29.3 Å². The van der Waals surface area contributed by atoms with Crippen LogP contribution in [0.1, 0.15) is 11.1 Å². The summed E-state index contributed by atoms with van der Waals surface area (Å²) in [5.74, 6) is -0.919. The number of alkyl halides is 2. The molecule has 0 spiro atoms. The van der Waals surface area contributed by atoms with Crippen LogP contribution in [0.2, 0.25) is 0 Å². The molecule has 104 valence electrons. The summed E-state index contributed by atoms with van der Waals surface area (Å²) in [5, 5.41) is 0. The van der Waals surface area contributed by atoms with E-state index in [1.54, 1.807) is 0 Å². The third-order valence-corrected chi connectivity index (χ3v) is 3.00. The molecule has 0 bridgehead atoms. The lowest BCUT2D eigenvalue weighted by Crippen LogP contribution is -2.45.